The zero-order valence-electron chi connectivity index (χ0n) is 9.91. The minimum atomic E-state index is -1.07. The standard InChI is InChI=1S/C12H16N2O3/c1-7-3-6-9(11(16)17)13-12(7,2)14-10(15)8-4-5-8/h3,7-8,13H,4-5H2,1-2H3,(H,14,15)(H,16,17). The highest BCUT2D eigenvalue weighted by atomic mass is 16.4. The number of hydrogen-bond acceptors (Lipinski definition) is 3. The number of amides is 1. The molecule has 3 N–H and O–H groups in total. The summed E-state index contributed by atoms with van der Waals surface area (Å²) in [5, 5.41) is 14.6. The summed E-state index contributed by atoms with van der Waals surface area (Å²) >= 11 is 0. The molecule has 0 aromatic rings. The lowest BCUT2D eigenvalue weighted by Gasteiger charge is -2.38. The van der Waals surface area contributed by atoms with E-state index >= 15 is 0 Å². The summed E-state index contributed by atoms with van der Waals surface area (Å²) in [6.07, 6.45) is 3.52. The van der Waals surface area contributed by atoms with Gasteiger partial charge >= 0.3 is 5.97 Å². The lowest BCUT2D eigenvalue weighted by Crippen LogP contribution is -2.61. The minimum Gasteiger partial charge on any atom is -0.476 e. The second-order valence-corrected chi connectivity index (χ2v) is 4.87. The number of aliphatic carboxylic acids is 1. The molecule has 1 amide bonds. The van der Waals surface area contributed by atoms with Crippen LogP contribution in [0.2, 0.25) is 0 Å². The van der Waals surface area contributed by atoms with Crippen molar-refractivity contribution in [3.8, 4) is 0 Å². The number of nitrogens with one attached hydrogen (secondary N) is 2. The average molecular weight is 236 g/mol. The Morgan fingerprint density at radius 3 is 2.76 bits per heavy atom. The zero-order valence-corrected chi connectivity index (χ0v) is 9.91. The smallest absolute Gasteiger partial charge is 0.360 e. The van der Waals surface area contributed by atoms with E-state index in [9.17, 15) is 9.59 Å². The van der Waals surface area contributed by atoms with Crippen LogP contribution >= 0.6 is 0 Å². The predicted octanol–water partition coefficient (Wildman–Crippen LogP) is 0.592. The third-order valence-electron chi connectivity index (χ3n) is 3.32. The van der Waals surface area contributed by atoms with Crippen LogP contribution in [0.25, 0.3) is 0 Å². The molecule has 1 saturated carbocycles. The van der Waals surface area contributed by atoms with Crippen LogP contribution < -0.4 is 10.6 Å². The Hall–Kier alpha value is -1.74. The Kier molecular flexibility index (Phi) is 2.71. The number of carboxylic acids is 1. The molecule has 1 aliphatic carbocycles. The largest absolute Gasteiger partial charge is 0.476 e. The van der Waals surface area contributed by atoms with E-state index in [4.69, 9.17) is 5.11 Å². The molecule has 2 aliphatic rings. The molecule has 1 aliphatic heterocycles. The van der Waals surface area contributed by atoms with Gasteiger partial charge < -0.3 is 15.7 Å². The van der Waals surface area contributed by atoms with E-state index in [1.807, 2.05) is 6.92 Å². The molecule has 0 aromatic carbocycles. The summed E-state index contributed by atoms with van der Waals surface area (Å²) < 4.78 is 0. The Morgan fingerprint density at radius 2 is 2.24 bits per heavy atom. The topological polar surface area (TPSA) is 78.4 Å². The minimum absolute atomic E-state index is 0.00751. The molecule has 2 unspecified atom stereocenters. The van der Waals surface area contributed by atoms with Gasteiger partial charge in [-0.15, -0.1) is 0 Å². The fourth-order valence-electron chi connectivity index (χ4n) is 1.75. The molecular formula is C12H16N2O3. The van der Waals surface area contributed by atoms with Crippen LogP contribution in [0.4, 0.5) is 0 Å². The van der Waals surface area contributed by atoms with E-state index in [0.29, 0.717) is 0 Å². The summed E-state index contributed by atoms with van der Waals surface area (Å²) in [5.41, 5.74) is 1.91. The molecular weight excluding hydrogens is 220 g/mol. The molecule has 5 heteroatoms. The molecule has 0 radical (unpaired) electrons. The number of carboxylic acid groups (broad SMARTS) is 1. The van der Waals surface area contributed by atoms with Gasteiger partial charge in [0.25, 0.3) is 0 Å². The van der Waals surface area contributed by atoms with Gasteiger partial charge in [0.15, 0.2) is 5.70 Å². The highest BCUT2D eigenvalue weighted by molar-refractivity contribution is 5.86. The van der Waals surface area contributed by atoms with Gasteiger partial charge in [-0.1, -0.05) is 12.7 Å². The van der Waals surface area contributed by atoms with E-state index in [0.717, 1.165) is 12.8 Å². The monoisotopic (exact) mass is 236 g/mol. The molecule has 1 fully saturated rings. The van der Waals surface area contributed by atoms with Gasteiger partial charge in [0.1, 0.15) is 5.66 Å². The molecule has 2 rings (SSSR count). The number of rotatable bonds is 3. The summed E-state index contributed by atoms with van der Waals surface area (Å²) in [6, 6.07) is 0. The van der Waals surface area contributed by atoms with Crippen LogP contribution in [0, 0.1) is 11.8 Å². The van der Waals surface area contributed by atoms with Crippen LogP contribution in [-0.2, 0) is 9.59 Å². The lowest BCUT2D eigenvalue weighted by atomic mass is 9.92. The zero-order chi connectivity index (χ0) is 12.6. The summed E-state index contributed by atoms with van der Waals surface area (Å²) in [4.78, 5) is 22.6. The third kappa shape index (κ3) is 2.34. The molecule has 0 bridgehead atoms. The van der Waals surface area contributed by atoms with Gasteiger partial charge in [-0.05, 0) is 25.8 Å². The average Bonchev–Trinajstić information content (AvgIpc) is 3.05. The molecule has 0 saturated heterocycles. The Bertz CT molecular complexity index is 433. The fraction of sp³-hybridized carbons (Fsp3) is 0.583. The molecule has 92 valence electrons. The summed E-state index contributed by atoms with van der Waals surface area (Å²) in [6.45, 7) is 3.70. The summed E-state index contributed by atoms with van der Waals surface area (Å²) in [7, 11) is 0. The second-order valence-electron chi connectivity index (χ2n) is 4.87. The van der Waals surface area contributed by atoms with E-state index < -0.39 is 11.6 Å². The Morgan fingerprint density at radius 1 is 1.59 bits per heavy atom. The van der Waals surface area contributed by atoms with Gasteiger partial charge in [0.05, 0.1) is 0 Å². The third-order valence-corrected chi connectivity index (χ3v) is 3.32. The van der Waals surface area contributed by atoms with E-state index in [1.165, 1.54) is 0 Å². The molecule has 2 atom stereocenters. The predicted molar refractivity (Wildman–Crippen MR) is 60.8 cm³/mol. The van der Waals surface area contributed by atoms with Crippen molar-refractivity contribution in [2.24, 2.45) is 11.8 Å². The molecule has 17 heavy (non-hydrogen) atoms. The van der Waals surface area contributed by atoms with Crippen LogP contribution in [0.15, 0.2) is 17.5 Å². The van der Waals surface area contributed by atoms with Crippen molar-refractivity contribution in [3.63, 3.8) is 0 Å². The number of carbonyl (C=O) groups is 2. The van der Waals surface area contributed by atoms with Crippen molar-refractivity contribution < 1.29 is 14.7 Å². The van der Waals surface area contributed by atoms with E-state index in [2.05, 4.69) is 16.4 Å². The van der Waals surface area contributed by atoms with Gasteiger partial charge in [-0.25, -0.2) is 4.79 Å². The molecule has 5 nitrogen and oxygen atoms in total. The maximum absolute atomic E-state index is 11.8. The molecule has 0 spiro atoms. The van der Waals surface area contributed by atoms with Gasteiger partial charge in [0, 0.05) is 11.8 Å². The quantitative estimate of drug-likeness (QED) is 0.627. The van der Waals surface area contributed by atoms with Crippen LogP contribution in [-0.4, -0.2) is 22.6 Å². The van der Waals surface area contributed by atoms with Crippen molar-refractivity contribution in [2.45, 2.75) is 32.4 Å². The SMILES string of the molecule is CC1C=C=C(C(=O)O)NC1(C)NC(=O)C1CC1. The first-order valence-electron chi connectivity index (χ1n) is 5.73. The fourth-order valence-corrected chi connectivity index (χ4v) is 1.75. The maximum Gasteiger partial charge on any atom is 0.360 e. The van der Waals surface area contributed by atoms with Crippen LogP contribution in [0.1, 0.15) is 26.7 Å². The van der Waals surface area contributed by atoms with Gasteiger partial charge in [0.2, 0.25) is 5.91 Å². The van der Waals surface area contributed by atoms with Gasteiger partial charge in [-0.2, -0.15) is 0 Å². The highest BCUT2D eigenvalue weighted by Gasteiger charge is 2.39. The van der Waals surface area contributed by atoms with Crippen molar-refractivity contribution in [3.05, 3.63) is 17.5 Å². The van der Waals surface area contributed by atoms with E-state index in [-0.39, 0.29) is 23.4 Å². The first-order chi connectivity index (χ1) is 7.92. The second kappa shape index (κ2) is 3.93. The van der Waals surface area contributed by atoms with Crippen molar-refractivity contribution in [1.82, 2.24) is 10.6 Å². The number of carbonyl (C=O) groups excluding carboxylic acids is 1. The van der Waals surface area contributed by atoms with Crippen LogP contribution in [0.5, 0.6) is 0 Å². The van der Waals surface area contributed by atoms with Crippen molar-refractivity contribution in [1.29, 1.82) is 0 Å². The van der Waals surface area contributed by atoms with Crippen molar-refractivity contribution >= 4 is 11.9 Å². The summed E-state index contributed by atoms with van der Waals surface area (Å²) in [5.74, 6) is -0.996. The Balaban J connectivity index is 2.12. The molecule has 0 aromatic heterocycles. The first kappa shape index (κ1) is 11.7. The first-order valence-corrected chi connectivity index (χ1v) is 5.73. The Labute approximate surface area is 99.6 Å². The molecule has 1 heterocycles. The lowest BCUT2D eigenvalue weighted by molar-refractivity contribution is -0.134. The van der Waals surface area contributed by atoms with Crippen molar-refractivity contribution in [2.75, 3.05) is 0 Å². The van der Waals surface area contributed by atoms with Crippen LogP contribution in [0.3, 0.4) is 0 Å². The number of hydrogen-bond donors (Lipinski definition) is 3. The maximum atomic E-state index is 11.8. The van der Waals surface area contributed by atoms with Gasteiger partial charge in [-0.3, -0.25) is 4.79 Å². The highest BCUT2D eigenvalue weighted by Crippen LogP contribution is 2.30. The normalized spacial score (nSPS) is 31.4. The van der Waals surface area contributed by atoms with E-state index in [1.54, 1.807) is 13.0 Å².